The second-order valence-electron chi connectivity index (χ2n) is 8.81. The molecule has 2 aliphatic heterocycles. The summed E-state index contributed by atoms with van der Waals surface area (Å²) in [5, 5.41) is 0. The topological polar surface area (TPSA) is 40.6 Å². The molecular weight excluding hydrogens is 410 g/mol. The van der Waals surface area contributed by atoms with E-state index in [0.29, 0.717) is 44.5 Å². The number of alkyl halides is 1. The van der Waals surface area contributed by atoms with Gasteiger partial charge in [-0.1, -0.05) is 42.5 Å². The minimum atomic E-state index is -0.432. The predicted octanol–water partition coefficient (Wildman–Crippen LogP) is 4.28. The molecule has 2 aromatic rings. The molecule has 0 unspecified atom stereocenters. The fourth-order valence-electron chi connectivity index (χ4n) is 5.00. The average Bonchev–Trinajstić information content (AvgIpc) is 3.28. The second-order valence-corrected chi connectivity index (χ2v) is 8.81. The zero-order valence-electron chi connectivity index (χ0n) is 18.3. The highest BCUT2D eigenvalue weighted by Crippen LogP contribution is 2.26. The number of nitrogens with zero attached hydrogens (tertiary/aromatic N) is 2. The monoisotopic (exact) mass is 440 g/mol. The first-order valence-electron chi connectivity index (χ1n) is 11.5. The van der Waals surface area contributed by atoms with Crippen LogP contribution in [0.15, 0.2) is 48.5 Å². The molecule has 0 bridgehead atoms. The van der Waals surface area contributed by atoms with Crippen LogP contribution in [0.3, 0.4) is 0 Å². The van der Waals surface area contributed by atoms with Crippen LogP contribution in [0.25, 0.3) is 11.1 Å². The number of halogens is 2. The maximum atomic E-state index is 14.1. The van der Waals surface area contributed by atoms with Gasteiger partial charge in [-0.2, -0.15) is 0 Å². The van der Waals surface area contributed by atoms with Crippen LogP contribution in [0.5, 0.6) is 0 Å². The number of Topliss-reactive ketones (excluding diaryl/α,β-unsaturated/α-hetero) is 1. The third kappa shape index (κ3) is 5.07. The number of carbonyl (C=O) groups is 2. The summed E-state index contributed by atoms with van der Waals surface area (Å²) in [7, 11) is 0. The SMILES string of the molecule is O=C(Cc1cccc(-c2ccccc2F)c1)C1CCN(C(=O)[C@@H]2CCCN2CCF)CC1. The molecule has 2 aliphatic rings. The summed E-state index contributed by atoms with van der Waals surface area (Å²) in [6, 6.07) is 13.9. The Morgan fingerprint density at radius 2 is 1.75 bits per heavy atom. The zero-order valence-corrected chi connectivity index (χ0v) is 18.3. The standard InChI is InChI=1S/C26H30F2N2O2/c27-12-16-29-13-4-9-24(29)26(32)30-14-10-20(11-15-30)25(31)18-19-5-3-6-21(17-19)22-7-1-2-8-23(22)28/h1-3,5-8,17,20,24H,4,9-16,18H2/t24-/m0/s1. The average molecular weight is 441 g/mol. The van der Waals surface area contributed by atoms with Crippen LogP contribution in [0.1, 0.15) is 31.2 Å². The first kappa shape index (κ1) is 22.6. The van der Waals surface area contributed by atoms with Gasteiger partial charge in [-0.05, 0) is 49.4 Å². The molecule has 1 atom stereocenters. The summed E-state index contributed by atoms with van der Waals surface area (Å²) in [6.45, 7) is 1.81. The van der Waals surface area contributed by atoms with Crippen molar-refractivity contribution in [2.75, 3.05) is 32.9 Å². The number of carbonyl (C=O) groups excluding carboxylic acids is 2. The van der Waals surface area contributed by atoms with E-state index in [-0.39, 0.29) is 29.5 Å². The van der Waals surface area contributed by atoms with Crippen molar-refractivity contribution in [3.05, 3.63) is 59.9 Å². The van der Waals surface area contributed by atoms with Gasteiger partial charge in [-0.25, -0.2) is 8.78 Å². The van der Waals surface area contributed by atoms with Gasteiger partial charge in [0, 0.05) is 37.5 Å². The summed E-state index contributed by atoms with van der Waals surface area (Å²) in [6.07, 6.45) is 3.35. The first-order valence-corrected chi connectivity index (χ1v) is 11.5. The van der Waals surface area contributed by atoms with Crippen molar-refractivity contribution < 1.29 is 18.4 Å². The van der Waals surface area contributed by atoms with Crippen LogP contribution in [0.4, 0.5) is 8.78 Å². The Morgan fingerprint density at radius 1 is 0.969 bits per heavy atom. The van der Waals surface area contributed by atoms with Gasteiger partial charge in [0.25, 0.3) is 0 Å². The van der Waals surface area contributed by atoms with Gasteiger partial charge >= 0.3 is 0 Å². The summed E-state index contributed by atoms with van der Waals surface area (Å²) in [4.78, 5) is 29.6. The molecule has 2 saturated heterocycles. The number of rotatable bonds is 7. The Hall–Kier alpha value is -2.60. The first-order chi connectivity index (χ1) is 15.6. The molecule has 1 amide bonds. The highest BCUT2D eigenvalue weighted by atomic mass is 19.1. The maximum Gasteiger partial charge on any atom is 0.239 e. The van der Waals surface area contributed by atoms with Crippen molar-refractivity contribution in [2.45, 2.75) is 38.1 Å². The number of amides is 1. The number of piperidine rings is 1. The Balaban J connectivity index is 1.33. The zero-order chi connectivity index (χ0) is 22.5. The van der Waals surface area contributed by atoms with Gasteiger partial charge in [-0.3, -0.25) is 14.5 Å². The highest BCUT2D eigenvalue weighted by Gasteiger charge is 2.35. The van der Waals surface area contributed by atoms with E-state index in [9.17, 15) is 18.4 Å². The lowest BCUT2D eigenvalue weighted by atomic mass is 9.88. The summed E-state index contributed by atoms with van der Waals surface area (Å²) in [5.74, 6) is -0.0933. The van der Waals surface area contributed by atoms with E-state index in [0.717, 1.165) is 30.5 Å². The van der Waals surface area contributed by atoms with Gasteiger partial charge in [0.05, 0.1) is 6.04 Å². The third-order valence-corrected chi connectivity index (χ3v) is 6.77. The molecular formula is C26H30F2N2O2. The van der Waals surface area contributed by atoms with E-state index < -0.39 is 6.67 Å². The fourth-order valence-corrected chi connectivity index (χ4v) is 5.00. The lowest BCUT2D eigenvalue weighted by Gasteiger charge is -2.35. The van der Waals surface area contributed by atoms with Crippen LogP contribution < -0.4 is 0 Å². The quantitative estimate of drug-likeness (QED) is 0.645. The van der Waals surface area contributed by atoms with Crippen molar-refractivity contribution >= 4 is 11.7 Å². The Morgan fingerprint density at radius 3 is 2.50 bits per heavy atom. The molecule has 4 rings (SSSR count). The van der Waals surface area contributed by atoms with Gasteiger partial charge in [0.1, 0.15) is 18.3 Å². The number of benzene rings is 2. The molecule has 0 spiro atoms. The lowest BCUT2D eigenvalue weighted by molar-refractivity contribution is -0.139. The molecule has 6 heteroatoms. The Labute approximate surface area is 188 Å². The van der Waals surface area contributed by atoms with E-state index >= 15 is 0 Å². The number of hydrogen-bond donors (Lipinski definition) is 0. The minimum Gasteiger partial charge on any atom is -0.341 e. The third-order valence-electron chi connectivity index (χ3n) is 6.77. The van der Waals surface area contributed by atoms with E-state index in [1.54, 1.807) is 18.2 Å². The van der Waals surface area contributed by atoms with Crippen molar-refractivity contribution in [2.24, 2.45) is 5.92 Å². The van der Waals surface area contributed by atoms with E-state index in [1.165, 1.54) is 6.07 Å². The molecule has 4 nitrogen and oxygen atoms in total. The van der Waals surface area contributed by atoms with Crippen molar-refractivity contribution in [3.8, 4) is 11.1 Å². The van der Waals surface area contributed by atoms with E-state index in [2.05, 4.69) is 0 Å². The summed E-state index contributed by atoms with van der Waals surface area (Å²) in [5.41, 5.74) is 2.17. The van der Waals surface area contributed by atoms with Crippen LogP contribution in [-0.4, -0.2) is 60.4 Å². The van der Waals surface area contributed by atoms with Crippen molar-refractivity contribution in [3.63, 3.8) is 0 Å². The summed E-state index contributed by atoms with van der Waals surface area (Å²) >= 11 is 0. The molecule has 2 heterocycles. The molecule has 0 aliphatic carbocycles. The molecule has 2 fully saturated rings. The normalized spacial score (nSPS) is 19.9. The van der Waals surface area contributed by atoms with Crippen LogP contribution >= 0.6 is 0 Å². The molecule has 0 saturated carbocycles. The van der Waals surface area contributed by atoms with Gasteiger partial charge in [0.15, 0.2) is 0 Å². The lowest BCUT2D eigenvalue weighted by Crippen LogP contribution is -2.49. The molecule has 170 valence electrons. The van der Waals surface area contributed by atoms with E-state index in [1.807, 2.05) is 34.1 Å². The molecule has 2 aromatic carbocycles. The smallest absolute Gasteiger partial charge is 0.239 e. The minimum absolute atomic E-state index is 0.0679. The van der Waals surface area contributed by atoms with Crippen molar-refractivity contribution in [1.82, 2.24) is 9.80 Å². The number of hydrogen-bond acceptors (Lipinski definition) is 3. The Kier molecular flexibility index (Phi) is 7.30. The maximum absolute atomic E-state index is 14.1. The van der Waals surface area contributed by atoms with Crippen LogP contribution in [0.2, 0.25) is 0 Å². The summed E-state index contributed by atoms with van der Waals surface area (Å²) < 4.78 is 26.9. The molecule has 0 aromatic heterocycles. The Bertz CT molecular complexity index is 956. The highest BCUT2D eigenvalue weighted by molar-refractivity contribution is 5.85. The van der Waals surface area contributed by atoms with Gasteiger partial charge < -0.3 is 4.90 Å². The number of likely N-dealkylation sites (tertiary alicyclic amines) is 2. The predicted molar refractivity (Wildman–Crippen MR) is 120 cm³/mol. The van der Waals surface area contributed by atoms with Crippen LogP contribution in [-0.2, 0) is 16.0 Å². The molecule has 0 N–H and O–H groups in total. The molecule has 32 heavy (non-hydrogen) atoms. The van der Waals surface area contributed by atoms with E-state index in [4.69, 9.17) is 0 Å². The van der Waals surface area contributed by atoms with Crippen molar-refractivity contribution in [1.29, 1.82) is 0 Å². The van der Waals surface area contributed by atoms with Gasteiger partial charge in [-0.15, -0.1) is 0 Å². The molecule has 0 radical (unpaired) electrons. The van der Waals surface area contributed by atoms with Gasteiger partial charge in [0.2, 0.25) is 5.91 Å². The second kappa shape index (κ2) is 10.3. The largest absolute Gasteiger partial charge is 0.341 e. The van der Waals surface area contributed by atoms with Crippen LogP contribution in [0, 0.1) is 11.7 Å². The number of ketones is 1. The fraction of sp³-hybridized carbons (Fsp3) is 0.462.